The third kappa shape index (κ3) is 3.49. The van der Waals surface area contributed by atoms with Crippen molar-refractivity contribution < 1.29 is 8.78 Å². The molecule has 5 heteroatoms. The topological polar surface area (TPSA) is 55.3 Å². The number of benzene rings is 1. The predicted octanol–water partition coefficient (Wildman–Crippen LogP) is 1.64. The molecule has 0 bridgehead atoms. The van der Waals surface area contributed by atoms with Gasteiger partial charge < -0.3 is 16.4 Å². The number of likely N-dealkylation sites (tertiary alicyclic amines) is 1. The highest BCUT2D eigenvalue weighted by Crippen LogP contribution is 2.30. The first-order valence-electron chi connectivity index (χ1n) is 6.74. The summed E-state index contributed by atoms with van der Waals surface area (Å²) >= 11 is 0. The first-order chi connectivity index (χ1) is 9.11. The van der Waals surface area contributed by atoms with Crippen LogP contribution < -0.4 is 11.5 Å². The van der Waals surface area contributed by atoms with Gasteiger partial charge >= 0.3 is 0 Å². The van der Waals surface area contributed by atoms with Crippen molar-refractivity contribution in [3.8, 4) is 0 Å². The quantitative estimate of drug-likeness (QED) is 0.873. The Labute approximate surface area is 112 Å². The highest BCUT2D eigenvalue weighted by atomic mass is 19.1. The van der Waals surface area contributed by atoms with Gasteiger partial charge in [-0.3, -0.25) is 0 Å². The lowest BCUT2D eigenvalue weighted by Gasteiger charge is -2.34. The molecule has 106 valence electrons. The molecule has 1 aromatic carbocycles. The summed E-state index contributed by atoms with van der Waals surface area (Å²) in [5.41, 5.74) is 12.1. The van der Waals surface area contributed by atoms with Crippen LogP contribution in [0, 0.1) is 17.6 Å². The second-order valence-corrected chi connectivity index (χ2v) is 5.16. The lowest BCUT2D eigenvalue weighted by molar-refractivity contribution is 0.172. The van der Waals surface area contributed by atoms with Crippen molar-refractivity contribution in [3.05, 3.63) is 35.4 Å². The molecule has 19 heavy (non-hydrogen) atoms. The van der Waals surface area contributed by atoms with Gasteiger partial charge in [0.1, 0.15) is 11.6 Å². The highest BCUT2D eigenvalue weighted by molar-refractivity contribution is 5.22. The summed E-state index contributed by atoms with van der Waals surface area (Å²) in [5, 5.41) is 0. The van der Waals surface area contributed by atoms with E-state index in [-0.39, 0.29) is 12.0 Å². The van der Waals surface area contributed by atoms with Crippen molar-refractivity contribution in [2.45, 2.75) is 18.9 Å². The van der Waals surface area contributed by atoms with Crippen molar-refractivity contribution in [2.75, 3.05) is 26.2 Å². The van der Waals surface area contributed by atoms with Crippen LogP contribution in [0.2, 0.25) is 0 Å². The summed E-state index contributed by atoms with van der Waals surface area (Å²) in [4.78, 5) is 2.30. The van der Waals surface area contributed by atoms with Gasteiger partial charge in [0.25, 0.3) is 0 Å². The van der Waals surface area contributed by atoms with Crippen molar-refractivity contribution in [1.29, 1.82) is 0 Å². The zero-order chi connectivity index (χ0) is 13.8. The van der Waals surface area contributed by atoms with E-state index in [0.29, 0.717) is 12.1 Å². The van der Waals surface area contributed by atoms with Crippen molar-refractivity contribution in [2.24, 2.45) is 17.4 Å². The third-order valence-electron chi connectivity index (χ3n) is 3.91. The van der Waals surface area contributed by atoms with E-state index in [0.717, 1.165) is 38.5 Å². The Morgan fingerprint density at radius 3 is 2.53 bits per heavy atom. The largest absolute Gasteiger partial charge is 0.329 e. The van der Waals surface area contributed by atoms with E-state index < -0.39 is 11.6 Å². The van der Waals surface area contributed by atoms with E-state index in [1.165, 1.54) is 12.1 Å². The van der Waals surface area contributed by atoms with Crippen LogP contribution in [0.25, 0.3) is 0 Å². The van der Waals surface area contributed by atoms with E-state index in [1.807, 2.05) is 0 Å². The molecule has 1 fully saturated rings. The summed E-state index contributed by atoms with van der Waals surface area (Å²) in [5.74, 6) is -0.864. The second kappa shape index (κ2) is 6.41. The Balaban J connectivity index is 1.99. The van der Waals surface area contributed by atoms with E-state index >= 15 is 0 Å². The maximum atomic E-state index is 13.7. The molecule has 1 aliphatic heterocycles. The summed E-state index contributed by atoms with van der Waals surface area (Å²) < 4.78 is 26.6. The molecule has 0 radical (unpaired) electrons. The van der Waals surface area contributed by atoms with E-state index in [4.69, 9.17) is 11.5 Å². The Morgan fingerprint density at radius 1 is 1.26 bits per heavy atom. The van der Waals surface area contributed by atoms with Crippen molar-refractivity contribution in [1.82, 2.24) is 4.90 Å². The molecule has 2 rings (SSSR count). The first kappa shape index (κ1) is 14.4. The number of hydrogen-bond donors (Lipinski definition) is 2. The Morgan fingerprint density at radius 2 is 1.95 bits per heavy atom. The fourth-order valence-corrected chi connectivity index (χ4v) is 2.74. The fraction of sp³-hybridized carbons (Fsp3) is 0.571. The van der Waals surface area contributed by atoms with E-state index in [2.05, 4.69) is 4.90 Å². The average Bonchev–Trinajstić information content (AvgIpc) is 2.39. The number of halogens is 2. The predicted molar refractivity (Wildman–Crippen MR) is 71.5 cm³/mol. The van der Waals surface area contributed by atoms with Crippen LogP contribution in [-0.2, 0) is 0 Å². The molecule has 0 amide bonds. The molecule has 0 saturated carbocycles. The number of rotatable bonds is 4. The van der Waals surface area contributed by atoms with E-state index in [1.54, 1.807) is 0 Å². The average molecular weight is 269 g/mol. The summed E-state index contributed by atoms with van der Waals surface area (Å²) in [6.07, 6.45) is 1.86. The SMILES string of the molecule is NCCN1CCC(C(N)c2ccc(F)cc2F)CC1. The number of nitrogens with two attached hydrogens (primary N) is 2. The van der Waals surface area contributed by atoms with Crippen LogP contribution in [0.5, 0.6) is 0 Å². The minimum absolute atomic E-state index is 0.244. The molecular formula is C14H21F2N3. The van der Waals surface area contributed by atoms with Crippen LogP contribution in [-0.4, -0.2) is 31.1 Å². The molecule has 4 N–H and O–H groups in total. The first-order valence-corrected chi connectivity index (χ1v) is 6.74. The number of hydrogen-bond acceptors (Lipinski definition) is 3. The lowest BCUT2D eigenvalue weighted by atomic mass is 9.86. The summed E-state index contributed by atoms with van der Waals surface area (Å²) in [6.45, 7) is 3.44. The summed E-state index contributed by atoms with van der Waals surface area (Å²) in [7, 11) is 0. The van der Waals surface area contributed by atoms with Crippen LogP contribution in [0.1, 0.15) is 24.4 Å². The van der Waals surface area contributed by atoms with Crippen LogP contribution in [0.4, 0.5) is 8.78 Å². The smallest absolute Gasteiger partial charge is 0.130 e. The molecule has 0 aromatic heterocycles. The van der Waals surface area contributed by atoms with Gasteiger partial charge in [0.05, 0.1) is 0 Å². The third-order valence-corrected chi connectivity index (χ3v) is 3.91. The normalized spacial score (nSPS) is 19.6. The van der Waals surface area contributed by atoms with Gasteiger partial charge in [-0.15, -0.1) is 0 Å². The highest BCUT2D eigenvalue weighted by Gasteiger charge is 2.26. The molecule has 1 aromatic rings. The monoisotopic (exact) mass is 269 g/mol. The Bertz CT molecular complexity index is 417. The van der Waals surface area contributed by atoms with Gasteiger partial charge in [-0.25, -0.2) is 8.78 Å². The minimum Gasteiger partial charge on any atom is -0.329 e. The molecule has 0 spiro atoms. The van der Waals surface area contributed by atoms with Crippen LogP contribution in [0.3, 0.4) is 0 Å². The van der Waals surface area contributed by atoms with Crippen LogP contribution in [0.15, 0.2) is 18.2 Å². The lowest BCUT2D eigenvalue weighted by Crippen LogP contribution is -2.39. The molecule has 3 nitrogen and oxygen atoms in total. The number of nitrogens with zero attached hydrogens (tertiary/aromatic N) is 1. The standard InChI is InChI=1S/C14H21F2N3/c15-11-1-2-12(13(16)9-11)14(18)10-3-6-19(7-4-10)8-5-17/h1-2,9-10,14H,3-8,17-18H2. The molecule has 1 unspecified atom stereocenters. The zero-order valence-electron chi connectivity index (χ0n) is 11.0. The minimum atomic E-state index is -0.564. The fourth-order valence-electron chi connectivity index (χ4n) is 2.74. The van der Waals surface area contributed by atoms with Gasteiger partial charge in [-0.05, 0) is 37.9 Å². The van der Waals surface area contributed by atoms with Gasteiger partial charge in [-0.1, -0.05) is 6.07 Å². The molecule has 1 heterocycles. The van der Waals surface area contributed by atoms with Crippen LogP contribution >= 0.6 is 0 Å². The molecule has 0 aliphatic carbocycles. The van der Waals surface area contributed by atoms with E-state index in [9.17, 15) is 8.78 Å². The molecular weight excluding hydrogens is 248 g/mol. The maximum Gasteiger partial charge on any atom is 0.130 e. The van der Waals surface area contributed by atoms with Gasteiger partial charge in [0, 0.05) is 30.8 Å². The Hall–Kier alpha value is -1.04. The molecule has 1 saturated heterocycles. The zero-order valence-corrected chi connectivity index (χ0v) is 11.0. The molecule has 1 aliphatic rings. The maximum absolute atomic E-state index is 13.7. The van der Waals surface area contributed by atoms with Crippen molar-refractivity contribution >= 4 is 0 Å². The Kier molecular flexibility index (Phi) is 4.85. The molecule has 1 atom stereocenters. The number of piperidine rings is 1. The van der Waals surface area contributed by atoms with Crippen molar-refractivity contribution in [3.63, 3.8) is 0 Å². The van der Waals surface area contributed by atoms with Gasteiger partial charge in [0.2, 0.25) is 0 Å². The van der Waals surface area contributed by atoms with Gasteiger partial charge in [-0.2, -0.15) is 0 Å². The second-order valence-electron chi connectivity index (χ2n) is 5.16. The summed E-state index contributed by atoms with van der Waals surface area (Å²) in [6, 6.07) is 3.27. The van der Waals surface area contributed by atoms with Gasteiger partial charge in [0.15, 0.2) is 0 Å².